The van der Waals surface area contributed by atoms with Gasteiger partial charge in [0.25, 0.3) is 5.91 Å². The molecule has 0 aromatic heterocycles. The second kappa shape index (κ2) is 9.44. The van der Waals surface area contributed by atoms with Gasteiger partial charge >= 0.3 is 0 Å². The molecular formula is C27H32N2O4. The monoisotopic (exact) mass is 448 g/mol. The molecule has 0 radical (unpaired) electrons. The Morgan fingerprint density at radius 2 is 1.85 bits per heavy atom. The van der Waals surface area contributed by atoms with Gasteiger partial charge in [-0.15, -0.1) is 0 Å². The van der Waals surface area contributed by atoms with Crippen LogP contribution >= 0.6 is 0 Å². The van der Waals surface area contributed by atoms with E-state index in [0.29, 0.717) is 30.0 Å². The second-order valence-electron chi connectivity index (χ2n) is 9.48. The normalized spacial score (nSPS) is 19.2. The Hall–Kier alpha value is -3.04. The molecule has 0 saturated carbocycles. The van der Waals surface area contributed by atoms with E-state index in [1.54, 1.807) is 18.2 Å². The molecule has 33 heavy (non-hydrogen) atoms. The van der Waals surface area contributed by atoms with E-state index < -0.39 is 0 Å². The minimum absolute atomic E-state index is 0.0103. The summed E-state index contributed by atoms with van der Waals surface area (Å²) in [5.41, 5.74) is 1.65. The third-order valence-electron chi connectivity index (χ3n) is 6.26. The zero-order chi connectivity index (χ0) is 23.6. The maximum absolute atomic E-state index is 13.2. The van der Waals surface area contributed by atoms with Crippen molar-refractivity contribution in [3.05, 3.63) is 59.2 Å². The maximum atomic E-state index is 13.2. The number of para-hydroxylation sites is 1. The number of fused-ring (bicyclic) bond motifs is 1. The lowest BCUT2D eigenvalue weighted by Gasteiger charge is -2.47. The van der Waals surface area contributed by atoms with Crippen LogP contribution in [0.1, 0.15) is 74.5 Å². The van der Waals surface area contributed by atoms with Crippen LogP contribution in [0.3, 0.4) is 0 Å². The number of hydrogen-bond acceptors (Lipinski definition) is 5. The topological polar surface area (TPSA) is 71.8 Å². The Morgan fingerprint density at radius 3 is 2.52 bits per heavy atom. The lowest BCUT2D eigenvalue weighted by atomic mass is 9.81. The molecule has 174 valence electrons. The lowest BCUT2D eigenvalue weighted by Crippen LogP contribution is -2.52. The van der Waals surface area contributed by atoms with Crippen LogP contribution in [0.25, 0.3) is 0 Å². The number of nitrogens with zero attached hydrogens (tertiary/aromatic N) is 2. The molecule has 0 aliphatic carbocycles. The van der Waals surface area contributed by atoms with Gasteiger partial charge in [-0.25, -0.2) is 0 Å². The molecule has 2 heterocycles. The first-order chi connectivity index (χ1) is 15.8. The number of ether oxygens (including phenoxy) is 3. The van der Waals surface area contributed by atoms with Gasteiger partial charge in [0.05, 0.1) is 23.9 Å². The van der Waals surface area contributed by atoms with Crippen molar-refractivity contribution in [2.24, 2.45) is 0 Å². The van der Waals surface area contributed by atoms with E-state index in [-0.39, 0.29) is 29.8 Å². The fourth-order valence-electron chi connectivity index (χ4n) is 4.73. The third-order valence-corrected chi connectivity index (χ3v) is 6.26. The molecule has 1 saturated heterocycles. The number of carbonyl (C=O) groups is 1. The Balaban J connectivity index is 1.47. The van der Waals surface area contributed by atoms with Crippen molar-refractivity contribution in [2.75, 3.05) is 13.1 Å². The average molecular weight is 449 g/mol. The van der Waals surface area contributed by atoms with Crippen LogP contribution in [0.2, 0.25) is 0 Å². The predicted molar refractivity (Wildman–Crippen MR) is 125 cm³/mol. The van der Waals surface area contributed by atoms with E-state index in [4.69, 9.17) is 14.2 Å². The summed E-state index contributed by atoms with van der Waals surface area (Å²) in [6.07, 6.45) is 2.33. The smallest absolute Gasteiger partial charge is 0.253 e. The SMILES string of the molecule is CC(C)Oc1ccc(C(=O)N2CCC3(CC2)CC(OC(C)C)c2ccccc2O3)cc1C#N. The molecule has 6 nitrogen and oxygen atoms in total. The number of benzene rings is 2. The first kappa shape index (κ1) is 23.1. The molecule has 2 aliphatic rings. The van der Waals surface area contributed by atoms with Crippen molar-refractivity contribution >= 4 is 5.91 Å². The first-order valence-electron chi connectivity index (χ1n) is 11.7. The van der Waals surface area contributed by atoms with Crippen LogP contribution in [0, 0.1) is 11.3 Å². The molecular weight excluding hydrogens is 416 g/mol. The number of piperidine rings is 1. The number of amides is 1. The summed E-state index contributed by atoms with van der Waals surface area (Å²) < 4.78 is 18.4. The summed E-state index contributed by atoms with van der Waals surface area (Å²) in [7, 11) is 0. The predicted octanol–water partition coefficient (Wildman–Crippen LogP) is 5.27. The third kappa shape index (κ3) is 4.99. The summed E-state index contributed by atoms with van der Waals surface area (Å²) in [4.78, 5) is 15.0. The molecule has 2 aliphatic heterocycles. The van der Waals surface area contributed by atoms with Crippen molar-refractivity contribution < 1.29 is 19.0 Å². The van der Waals surface area contributed by atoms with Crippen LogP contribution < -0.4 is 9.47 Å². The van der Waals surface area contributed by atoms with E-state index in [1.165, 1.54) is 0 Å². The molecule has 0 N–H and O–H groups in total. The van der Waals surface area contributed by atoms with Crippen LogP contribution in [-0.4, -0.2) is 41.7 Å². The van der Waals surface area contributed by atoms with Gasteiger partial charge in [0.2, 0.25) is 0 Å². The largest absolute Gasteiger partial charge is 0.490 e. The van der Waals surface area contributed by atoms with Crippen LogP contribution in [0.15, 0.2) is 42.5 Å². The zero-order valence-electron chi connectivity index (χ0n) is 19.8. The van der Waals surface area contributed by atoms with E-state index >= 15 is 0 Å². The maximum Gasteiger partial charge on any atom is 0.253 e. The summed E-state index contributed by atoms with van der Waals surface area (Å²) in [5, 5.41) is 9.50. The van der Waals surface area contributed by atoms with Gasteiger partial charge in [0.1, 0.15) is 23.2 Å². The summed E-state index contributed by atoms with van der Waals surface area (Å²) in [5.74, 6) is 1.32. The highest BCUT2D eigenvalue weighted by Gasteiger charge is 2.44. The van der Waals surface area contributed by atoms with E-state index in [0.717, 1.165) is 30.6 Å². The standard InChI is InChI=1S/C27H32N2O4/c1-18(2)31-23-10-9-20(15-21(23)17-28)26(30)29-13-11-27(12-14-29)16-25(32-19(3)4)22-7-5-6-8-24(22)33-27/h5-10,15,18-19,25H,11-14,16H2,1-4H3. The quantitative estimate of drug-likeness (QED) is 0.623. The van der Waals surface area contributed by atoms with Crippen molar-refractivity contribution in [3.8, 4) is 17.6 Å². The van der Waals surface area contributed by atoms with Crippen LogP contribution in [0.5, 0.6) is 11.5 Å². The molecule has 1 atom stereocenters. The Morgan fingerprint density at radius 1 is 1.12 bits per heavy atom. The molecule has 6 heteroatoms. The minimum Gasteiger partial charge on any atom is -0.490 e. The molecule has 1 amide bonds. The van der Waals surface area contributed by atoms with Gasteiger partial charge < -0.3 is 19.1 Å². The van der Waals surface area contributed by atoms with E-state index in [2.05, 4.69) is 26.0 Å². The Kier molecular flexibility index (Phi) is 6.62. The van der Waals surface area contributed by atoms with Gasteiger partial charge in [-0.2, -0.15) is 5.26 Å². The molecule has 4 rings (SSSR count). The highest BCUT2D eigenvalue weighted by atomic mass is 16.5. The number of nitriles is 1. The second-order valence-corrected chi connectivity index (χ2v) is 9.48. The van der Waals surface area contributed by atoms with Gasteiger partial charge in [-0.1, -0.05) is 18.2 Å². The molecule has 1 spiro atoms. The van der Waals surface area contributed by atoms with Gasteiger partial charge in [-0.05, 0) is 52.0 Å². The van der Waals surface area contributed by atoms with E-state index in [9.17, 15) is 10.1 Å². The number of rotatable bonds is 5. The fourth-order valence-corrected chi connectivity index (χ4v) is 4.73. The Labute approximate surface area is 196 Å². The molecule has 0 bridgehead atoms. The fraction of sp³-hybridized carbons (Fsp3) is 0.481. The summed E-state index contributed by atoms with van der Waals surface area (Å²) >= 11 is 0. The summed E-state index contributed by atoms with van der Waals surface area (Å²) in [6, 6.07) is 15.3. The van der Waals surface area contributed by atoms with E-state index in [1.807, 2.05) is 36.9 Å². The Bertz CT molecular complexity index is 1050. The van der Waals surface area contributed by atoms with Crippen molar-refractivity contribution in [1.29, 1.82) is 5.26 Å². The van der Waals surface area contributed by atoms with Crippen molar-refractivity contribution in [1.82, 2.24) is 4.90 Å². The first-order valence-corrected chi connectivity index (χ1v) is 11.7. The van der Waals surface area contributed by atoms with Gasteiger partial charge in [-0.3, -0.25) is 4.79 Å². The summed E-state index contributed by atoms with van der Waals surface area (Å²) in [6.45, 7) is 9.12. The molecule has 2 aromatic carbocycles. The molecule has 1 fully saturated rings. The lowest BCUT2D eigenvalue weighted by molar-refractivity contribution is -0.0872. The number of likely N-dealkylation sites (tertiary alicyclic amines) is 1. The van der Waals surface area contributed by atoms with Crippen molar-refractivity contribution in [2.45, 2.75) is 70.9 Å². The number of carbonyl (C=O) groups excluding carboxylic acids is 1. The van der Waals surface area contributed by atoms with Crippen molar-refractivity contribution in [3.63, 3.8) is 0 Å². The highest BCUT2D eigenvalue weighted by Crippen LogP contribution is 2.46. The minimum atomic E-state index is -0.336. The highest BCUT2D eigenvalue weighted by molar-refractivity contribution is 5.95. The van der Waals surface area contributed by atoms with Crippen LogP contribution in [-0.2, 0) is 4.74 Å². The molecule has 1 unspecified atom stereocenters. The van der Waals surface area contributed by atoms with Gasteiger partial charge in [0, 0.05) is 43.5 Å². The van der Waals surface area contributed by atoms with Crippen LogP contribution in [0.4, 0.5) is 0 Å². The number of hydrogen-bond donors (Lipinski definition) is 0. The zero-order valence-corrected chi connectivity index (χ0v) is 19.8. The molecule has 2 aromatic rings. The van der Waals surface area contributed by atoms with Gasteiger partial charge in [0.15, 0.2) is 0 Å². The average Bonchev–Trinajstić information content (AvgIpc) is 2.78.